The van der Waals surface area contributed by atoms with Crippen LogP contribution in [-0.2, 0) is 6.42 Å². The van der Waals surface area contributed by atoms with Crippen molar-refractivity contribution < 1.29 is 4.79 Å². The minimum absolute atomic E-state index is 0.0854. The van der Waals surface area contributed by atoms with Gasteiger partial charge in [0.05, 0.1) is 23.0 Å². The van der Waals surface area contributed by atoms with Crippen LogP contribution in [0.2, 0.25) is 0 Å². The first-order valence-corrected chi connectivity index (χ1v) is 9.29. The molecular weight excluding hydrogens is 350 g/mol. The fourth-order valence-corrected chi connectivity index (χ4v) is 3.24. The predicted molar refractivity (Wildman–Crippen MR) is 109 cm³/mol. The molecule has 1 amide bonds. The van der Waals surface area contributed by atoms with Crippen molar-refractivity contribution in [2.45, 2.75) is 19.8 Å². The van der Waals surface area contributed by atoms with Gasteiger partial charge in [0.1, 0.15) is 0 Å². The first-order chi connectivity index (χ1) is 13.7. The molecule has 0 saturated heterocycles. The Morgan fingerprint density at radius 3 is 2.75 bits per heavy atom. The maximum atomic E-state index is 12.9. The van der Waals surface area contributed by atoms with E-state index >= 15 is 0 Å². The number of rotatable bonds is 6. The lowest BCUT2D eigenvalue weighted by Crippen LogP contribution is -2.25. The number of hydrogen-bond donors (Lipinski definition) is 2. The molecule has 1 aromatic carbocycles. The SMILES string of the molecule is Cc1[nH]ncc1CCCNC(=O)c1cc(-c2ccncc2)nc2ccccc12. The second kappa shape index (κ2) is 8.00. The largest absolute Gasteiger partial charge is 0.352 e. The molecule has 0 fully saturated rings. The Kier molecular flexibility index (Phi) is 5.10. The van der Waals surface area contributed by atoms with Crippen molar-refractivity contribution in [1.82, 2.24) is 25.5 Å². The van der Waals surface area contributed by atoms with Gasteiger partial charge in [-0.15, -0.1) is 0 Å². The zero-order valence-electron chi connectivity index (χ0n) is 15.6. The van der Waals surface area contributed by atoms with Gasteiger partial charge in [0, 0.05) is 35.6 Å². The Labute approximate surface area is 163 Å². The molecule has 0 spiro atoms. The number of amides is 1. The molecular formula is C22H21N5O. The predicted octanol–water partition coefficient (Wildman–Crippen LogP) is 3.69. The van der Waals surface area contributed by atoms with E-state index in [0.717, 1.165) is 40.7 Å². The van der Waals surface area contributed by atoms with Crippen molar-refractivity contribution >= 4 is 16.8 Å². The van der Waals surface area contributed by atoms with E-state index in [9.17, 15) is 4.79 Å². The highest BCUT2D eigenvalue weighted by Gasteiger charge is 2.13. The van der Waals surface area contributed by atoms with Crippen LogP contribution in [0.15, 0.2) is 61.1 Å². The van der Waals surface area contributed by atoms with Crippen LogP contribution in [0, 0.1) is 6.92 Å². The number of carbonyl (C=O) groups is 1. The van der Waals surface area contributed by atoms with Crippen LogP contribution in [0.25, 0.3) is 22.2 Å². The highest BCUT2D eigenvalue weighted by Crippen LogP contribution is 2.24. The van der Waals surface area contributed by atoms with Crippen LogP contribution in [0.4, 0.5) is 0 Å². The van der Waals surface area contributed by atoms with Crippen molar-refractivity contribution in [2.24, 2.45) is 0 Å². The summed E-state index contributed by atoms with van der Waals surface area (Å²) < 4.78 is 0. The Balaban J connectivity index is 1.54. The van der Waals surface area contributed by atoms with Gasteiger partial charge in [-0.05, 0) is 49.6 Å². The monoisotopic (exact) mass is 371 g/mol. The van der Waals surface area contributed by atoms with Crippen molar-refractivity contribution in [3.05, 3.63) is 77.9 Å². The van der Waals surface area contributed by atoms with Crippen LogP contribution in [0.3, 0.4) is 0 Å². The van der Waals surface area contributed by atoms with Gasteiger partial charge in [-0.3, -0.25) is 14.9 Å². The quantitative estimate of drug-likeness (QED) is 0.506. The lowest BCUT2D eigenvalue weighted by Gasteiger charge is -2.10. The summed E-state index contributed by atoms with van der Waals surface area (Å²) in [6.07, 6.45) is 7.02. The van der Waals surface area contributed by atoms with E-state index in [-0.39, 0.29) is 5.91 Å². The number of aryl methyl sites for hydroxylation is 2. The molecule has 0 bridgehead atoms. The number of fused-ring (bicyclic) bond motifs is 1. The van der Waals surface area contributed by atoms with Crippen molar-refractivity contribution in [1.29, 1.82) is 0 Å². The summed E-state index contributed by atoms with van der Waals surface area (Å²) >= 11 is 0. The number of benzene rings is 1. The fraction of sp³-hybridized carbons (Fsp3) is 0.182. The summed E-state index contributed by atoms with van der Waals surface area (Å²) in [7, 11) is 0. The molecule has 28 heavy (non-hydrogen) atoms. The standard InChI is InChI=1S/C22H21N5O/c1-15-17(14-25-27-15)5-4-10-24-22(28)19-13-21(16-8-11-23-12-9-16)26-20-7-3-2-6-18(19)20/h2-3,6-9,11-14H,4-5,10H2,1H3,(H,24,28)(H,25,27). The first kappa shape index (κ1) is 17.9. The number of aromatic nitrogens is 4. The van der Waals surface area contributed by atoms with Crippen molar-refractivity contribution in [3.63, 3.8) is 0 Å². The van der Waals surface area contributed by atoms with E-state index in [1.165, 1.54) is 5.56 Å². The lowest BCUT2D eigenvalue weighted by atomic mass is 10.0. The Hall–Kier alpha value is -3.54. The summed E-state index contributed by atoms with van der Waals surface area (Å²) in [5.41, 5.74) is 5.40. The molecule has 0 radical (unpaired) electrons. The lowest BCUT2D eigenvalue weighted by molar-refractivity contribution is 0.0955. The van der Waals surface area contributed by atoms with Gasteiger partial charge in [0.25, 0.3) is 5.91 Å². The molecule has 140 valence electrons. The molecule has 6 heteroatoms. The summed E-state index contributed by atoms with van der Waals surface area (Å²) in [6.45, 7) is 2.61. The third-order valence-electron chi connectivity index (χ3n) is 4.78. The Bertz CT molecular complexity index is 1100. The minimum Gasteiger partial charge on any atom is -0.352 e. The number of H-pyrrole nitrogens is 1. The van der Waals surface area contributed by atoms with Crippen LogP contribution >= 0.6 is 0 Å². The fourth-order valence-electron chi connectivity index (χ4n) is 3.24. The van der Waals surface area contributed by atoms with Gasteiger partial charge in [-0.2, -0.15) is 5.10 Å². The molecule has 4 rings (SSSR count). The number of para-hydroxylation sites is 1. The molecule has 0 unspecified atom stereocenters. The van der Waals surface area contributed by atoms with Crippen LogP contribution in [0.1, 0.15) is 28.0 Å². The van der Waals surface area contributed by atoms with Gasteiger partial charge in [-0.25, -0.2) is 4.98 Å². The second-order valence-electron chi connectivity index (χ2n) is 6.69. The van der Waals surface area contributed by atoms with Crippen LogP contribution < -0.4 is 5.32 Å². The number of carbonyl (C=O) groups excluding carboxylic acids is 1. The van der Waals surface area contributed by atoms with Gasteiger partial charge in [0.15, 0.2) is 0 Å². The van der Waals surface area contributed by atoms with Gasteiger partial charge in [-0.1, -0.05) is 18.2 Å². The van der Waals surface area contributed by atoms with E-state index in [1.54, 1.807) is 12.4 Å². The van der Waals surface area contributed by atoms with E-state index < -0.39 is 0 Å². The van der Waals surface area contributed by atoms with E-state index in [2.05, 4.69) is 20.5 Å². The molecule has 3 heterocycles. The normalized spacial score (nSPS) is 10.9. The highest BCUT2D eigenvalue weighted by atomic mass is 16.1. The molecule has 6 nitrogen and oxygen atoms in total. The number of aromatic amines is 1. The first-order valence-electron chi connectivity index (χ1n) is 9.29. The third kappa shape index (κ3) is 3.76. The zero-order chi connectivity index (χ0) is 19.3. The smallest absolute Gasteiger partial charge is 0.252 e. The number of hydrogen-bond acceptors (Lipinski definition) is 4. The molecule has 3 aromatic heterocycles. The van der Waals surface area contributed by atoms with Crippen LogP contribution in [0.5, 0.6) is 0 Å². The molecule has 4 aromatic rings. The summed E-state index contributed by atoms with van der Waals surface area (Å²) in [5.74, 6) is -0.0854. The topological polar surface area (TPSA) is 83.6 Å². The molecule has 0 aliphatic carbocycles. The number of nitrogens with one attached hydrogen (secondary N) is 2. The summed E-state index contributed by atoms with van der Waals surface area (Å²) in [4.78, 5) is 21.7. The zero-order valence-corrected chi connectivity index (χ0v) is 15.6. The highest BCUT2D eigenvalue weighted by molar-refractivity contribution is 6.07. The van der Waals surface area contributed by atoms with Gasteiger partial charge in [0.2, 0.25) is 0 Å². The molecule has 0 atom stereocenters. The van der Waals surface area contributed by atoms with Gasteiger partial charge >= 0.3 is 0 Å². The van der Waals surface area contributed by atoms with E-state index in [4.69, 9.17) is 4.98 Å². The number of nitrogens with zero attached hydrogens (tertiary/aromatic N) is 3. The minimum atomic E-state index is -0.0854. The third-order valence-corrected chi connectivity index (χ3v) is 4.78. The summed E-state index contributed by atoms with van der Waals surface area (Å²) in [5, 5.41) is 10.9. The molecule has 0 aliphatic rings. The summed E-state index contributed by atoms with van der Waals surface area (Å²) in [6, 6.07) is 13.4. The number of pyridine rings is 2. The van der Waals surface area contributed by atoms with Crippen molar-refractivity contribution in [3.8, 4) is 11.3 Å². The average Bonchev–Trinajstić information content (AvgIpc) is 3.15. The van der Waals surface area contributed by atoms with E-state index in [0.29, 0.717) is 12.1 Å². The second-order valence-corrected chi connectivity index (χ2v) is 6.69. The molecule has 2 N–H and O–H groups in total. The van der Waals surface area contributed by atoms with E-state index in [1.807, 2.05) is 55.6 Å². The maximum absolute atomic E-state index is 12.9. The van der Waals surface area contributed by atoms with Crippen molar-refractivity contribution in [2.75, 3.05) is 6.54 Å². The maximum Gasteiger partial charge on any atom is 0.252 e. The Morgan fingerprint density at radius 2 is 1.96 bits per heavy atom. The average molecular weight is 371 g/mol. The van der Waals surface area contributed by atoms with Crippen LogP contribution in [-0.4, -0.2) is 32.6 Å². The molecule has 0 aliphatic heterocycles. The molecule has 0 saturated carbocycles. The Morgan fingerprint density at radius 1 is 1.14 bits per heavy atom. The van der Waals surface area contributed by atoms with Gasteiger partial charge < -0.3 is 5.32 Å².